The van der Waals surface area contributed by atoms with E-state index >= 15 is 0 Å². The van der Waals surface area contributed by atoms with Gasteiger partial charge in [-0.05, 0) is 44.0 Å². The van der Waals surface area contributed by atoms with Gasteiger partial charge in [-0.1, -0.05) is 32.0 Å². The predicted molar refractivity (Wildman–Crippen MR) is 83.0 cm³/mol. The molecule has 0 saturated carbocycles. The van der Waals surface area contributed by atoms with Gasteiger partial charge in [-0.2, -0.15) is 0 Å². The van der Waals surface area contributed by atoms with Gasteiger partial charge in [0.2, 0.25) is 0 Å². The van der Waals surface area contributed by atoms with E-state index in [1.807, 2.05) is 26.8 Å². The zero-order valence-corrected chi connectivity index (χ0v) is 14.4. The molecule has 0 aliphatic rings. The Balaban J connectivity index is 2.66. The van der Waals surface area contributed by atoms with Crippen molar-refractivity contribution in [1.82, 2.24) is 5.16 Å². The van der Waals surface area contributed by atoms with Gasteiger partial charge in [0, 0.05) is 19.9 Å². The van der Waals surface area contributed by atoms with E-state index in [1.54, 1.807) is 12.1 Å². The summed E-state index contributed by atoms with van der Waals surface area (Å²) in [6, 6.07) is 5.43. The number of hydrogen-bond acceptors (Lipinski definition) is 3. The van der Waals surface area contributed by atoms with Crippen molar-refractivity contribution in [2.24, 2.45) is 0 Å². The summed E-state index contributed by atoms with van der Waals surface area (Å²) in [7, 11) is 0. The molecule has 0 aliphatic carbocycles. The fourth-order valence-corrected chi connectivity index (χ4v) is 2.47. The van der Waals surface area contributed by atoms with Gasteiger partial charge >= 0.3 is 5.97 Å². The first-order valence-electron chi connectivity index (χ1n) is 5.90. The quantitative estimate of drug-likeness (QED) is 0.778. The standard InChI is InChI=1S/C14H13Br2NO3/c1-14(2,3)12-10(13(18)19)11(17-20-12)7-4-5-8(15)9(16)6-7/h4-6H,1-3H3,(H,18,19). The number of aromatic carboxylic acids is 1. The van der Waals surface area contributed by atoms with Crippen molar-refractivity contribution in [3.63, 3.8) is 0 Å². The molecule has 1 aromatic heterocycles. The first-order chi connectivity index (χ1) is 9.21. The van der Waals surface area contributed by atoms with Crippen LogP contribution in [0.1, 0.15) is 36.9 Å². The van der Waals surface area contributed by atoms with E-state index in [2.05, 4.69) is 37.0 Å². The molecule has 2 rings (SSSR count). The Kier molecular flexibility index (Phi) is 4.07. The molecular formula is C14H13Br2NO3. The van der Waals surface area contributed by atoms with Crippen molar-refractivity contribution in [3.8, 4) is 11.3 Å². The van der Waals surface area contributed by atoms with Gasteiger partial charge < -0.3 is 9.63 Å². The molecule has 6 heteroatoms. The largest absolute Gasteiger partial charge is 0.477 e. The molecule has 0 atom stereocenters. The van der Waals surface area contributed by atoms with E-state index in [0.717, 1.165) is 8.95 Å². The van der Waals surface area contributed by atoms with Crippen molar-refractivity contribution in [2.45, 2.75) is 26.2 Å². The minimum atomic E-state index is -1.04. The molecule has 4 nitrogen and oxygen atoms in total. The van der Waals surface area contributed by atoms with Crippen LogP contribution in [0, 0.1) is 0 Å². The van der Waals surface area contributed by atoms with E-state index in [9.17, 15) is 9.90 Å². The Morgan fingerprint density at radius 1 is 1.25 bits per heavy atom. The highest BCUT2D eigenvalue weighted by atomic mass is 79.9. The lowest BCUT2D eigenvalue weighted by molar-refractivity contribution is 0.0693. The maximum Gasteiger partial charge on any atom is 0.341 e. The number of nitrogens with zero attached hydrogens (tertiary/aromatic N) is 1. The number of rotatable bonds is 2. The van der Waals surface area contributed by atoms with Gasteiger partial charge in [0.05, 0.1) is 0 Å². The number of aromatic nitrogens is 1. The highest BCUT2D eigenvalue weighted by Gasteiger charge is 2.31. The normalized spacial score (nSPS) is 11.7. The lowest BCUT2D eigenvalue weighted by Crippen LogP contribution is -2.15. The number of carboxylic acids is 1. The molecule has 1 heterocycles. The van der Waals surface area contributed by atoms with Gasteiger partial charge in [0.15, 0.2) is 5.76 Å². The molecule has 0 unspecified atom stereocenters. The Hall–Kier alpha value is -1.14. The van der Waals surface area contributed by atoms with Crippen molar-refractivity contribution in [2.75, 3.05) is 0 Å². The van der Waals surface area contributed by atoms with Gasteiger partial charge in [-0.25, -0.2) is 4.79 Å². The molecule has 0 bridgehead atoms. The molecule has 0 amide bonds. The van der Waals surface area contributed by atoms with E-state index in [1.165, 1.54) is 0 Å². The van der Waals surface area contributed by atoms with Gasteiger partial charge in [0.25, 0.3) is 0 Å². The number of benzene rings is 1. The summed E-state index contributed by atoms with van der Waals surface area (Å²) in [5, 5.41) is 13.4. The second-order valence-electron chi connectivity index (χ2n) is 5.42. The van der Waals surface area contributed by atoms with Crippen LogP contribution < -0.4 is 0 Å². The van der Waals surface area contributed by atoms with Gasteiger partial charge in [-0.3, -0.25) is 0 Å². The minimum Gasteiger partial charge on any atom is -0.477 e. The van der Waals surface area contributed by atoms with Gasteiger partial charge in [-0.15, -0.1) is 0 Å². The van der Waals surface area contributed by atoms with Crippen LogP contribution in [0.15, 0.2) is 31.7 Å². The molecule has 2 aromatic rings. The van der Waals surface area contributed by atoms with Crippen molar-refractivity contribution in [3.05, 3.63) is 38.5 Å². The Morgan fingerprint density at radius 3 is 2.40 bits per heavy atom. The topological polar surface area (TPSA) is 63.3 Å². The van der Waals surface area contributed by atoms with E-state index in [4.69, 9.17) is 4.52 Å². The van der Waals surface area contributed by atoms with E-state index in [0.29, 0.717) is 17.0 Å². The minimum absolute atomic E-state index is 0.117. The second-order valence-corrected chi connectivity index (χ2v) is 7.13. The van der Waals surface area contributed by atoms with Gasteiger partial charge in [0.1, 0.15) is 11.3 Å². The third kappa shape index (κ3) is 2.81. The van der Waals surface area contributed by atoms with Crippen LogP contribution in [0.5, 0.6) is 0 Å². The molecule has 0 fully saturated rings. The Morgan fingerprint density at radius 2 is 1.90 bits per heavy atom. The first-order valence-corrected chi connectivity index (χ1v) is 7.49. The zero-order chi connectivity index (χ0) is 15.1. The van der Waals surface area contributed by atoms with Crippen molar-refractivity contribution in [1.29, 1.82) is 0 Å². The van der Waals surface area contributed by atoms with Crippen LogP contribution in [0.2, 0.25) is 0 Å². The fourth-order valence-electron chi connectivity index (χ4n) is 1.84. The zero-order valence-electron chi connectivity index (χ0n) is 11.2. The molecule has 0 radical (unpaired) electrons. The molecule has 106 valence electrons. The predicted octanol–water partition coefficient (Wildman–Crippen LogP) is 4.86. The maximum absolute atomic E-state index is 11.6. The highest BCUT2D eigenvalue weighted by Crippen LogP contribution is 2.35. The van der Waals surface area contributed by atoms with E-state index in [-0.39, 0.29) is 5.56 Å². The van der Waals surface area contributed by atoms with E-state index < -0.39 is 11.4 Å². The third-order valence-corrected chi connectivity index (χ3v) is 4.66. The van der Waals surface area contributed by atoms with Crippen LogP contribution in [0.4, 0.5) is 0 Å². The SMILES string of the molecule is CC(C)(C)c1onc(-c2ccc(Br)c(Br)c2)c1C(=O)O. The summed E-state index contributed by atoms with van der Waals surface area (Å²) in [4.78, 5) is 11.6. The summed E-state index contributed by atoms with van der Waals surface area (Å²) < 4.78 is 7.00. The van der Waals surface area contributed by atoms with Crippen LogP contribution in [-0.4, -0.2) is 16.2 Å². The molecule has 0 aliphatic heterocycles. The molecule has 1 aromatic carbocycles. The van der Waals surface area contributed by atoms with Crippen LogP contribution in [-0.2, 0) is 5.41 Å². The van der Waals surface area contributed by atoms with Crippen molar-refractivity contribution >= 4 is 37.8 Å². The average molecular weight is 403 g/mol. The van der Waals surface area contributed by atoms with Crippen LogP contribution in [0.25, 0.3) is 11.3 Å². The molecular weight excluding hydrogens is 390 g/mol. The van der Waals surface area contributed by atoms with Crippen molar-refractivity contribution < 1.29 is 14.4 Å². The number of hydrogen-bond donors (Lipinski definition) is 1. The summed E-state index contributed by atoms with van der Waals surface area (Å²) in [5.41, 5.74) is 0.727. The summed E-state index contributed by atoms with van der Waals surface area (Å²) >= 11 is 6.78. The molecule has 0 saturated heterocycles. The summed E-state index contributed by atoms with van der Waals surface area (Å²) in [6.45, 7) is 5.67. The third-order valence-electron chi connectivity index (χ3n) is 2.78. The average Bonchev–Trinajstić information content (AvgIpc) is 2.77. The Bertz CT molecular complexity index is 672. The van der Waals surface area contributed by atoms with Crippen LogP contribution >= 0.6 is 31.9 Å². The second kappa shape index (κ2) is 5.33. The maximum atomic E-state index is 11.6. The highest BCUT2D eigenvalue weighted by molar-refractivity contribution is 9.13. The Labute approximate surface area is 133 Å². The number of carboxylic acid groups (broad SMARTS) is 1. The molecule has 0 spiro atoms. The molecule has 1 N–H and O–H groups in total. The lowest BCUT2D eigenvalue weighted by Gasteiger charge is -2.14. The number of carbonyl (C=O) groups is 1. The first kappa shape index (κ1) is 15.3. The molecule has 20 heavy (non-hydrogen) atoms. The fraction of sp³-hybridized carbons (Fsp3) is 0.286. The summed E-state index contributed by atoms with van der Waals surface area (Å²) in [5.74, 6) is -0.663. The number of halogens is 2. The monoisotopic (exact) mass is 401 g/mol. The summed E-state index contributed by atoms with van der Waals surface area (Å²) in [6.07, 6.45) is 0. The lowest BCUT2D eigenvalue weighted by atomic mass is 9.89. The smallest absolute Gasteiger partial charge is 0.341 e. The van der Waals surface area contributed by atoms with Crippen LogP contribution in [0.3, 0.4) is 0 Å².